The van der Waals surface area contributed by atoms with Gasteiger partial charge in [-0.3, -0.25) is 14.6 Å². The summed E-state index contributed by atoms with van der Waals surface area (Å²) in [6.07, 6.45) is 1.54. The fraction of sp³-hybridized carbons (Fsp3) is 0.111. The number of ketones is 1. The van der Waals surface area contributed by atoms with E-state index in [0.29, 0.717) is 10.5 Å². The van der Waals surface area contributed by atoms with Gasteiger partial charge in [-0.25, -0.2) is 13.8 Å². The maximum Gasteiger partial charge on any atom is 0.316 e. The van der Waals surface area contributed by atoms with E-state index in [1.54, 1.807) is 6.07 Å². The lowest BCUT2D eigenvalue weighted by atomic mass is 10.1. The van der Waals surface area contributed by atoms with Gasteiger partial charge in [0.1, 0.15) is 16.7 Å². The number of fused-ring (bicyclic) bond motifs is 1. The van der Waals surface area contributed by atoms with Gasteiger partial charge in [-0.1, -0.05) is 23.9 Å². The van der Waals surface area contributed by atoms with Crippen molar-refractivity contribution in [1.29, 1.82) is 0 Å². The Morgan fingerprint density at radius 3 is 2.65 bits per heavy atom. The summed E-state index contributed by atoms with van der Waals surface area (Å²) in [5.41, 5.74) is 0.982. The molecule has 1 aromatic heterocycles. The Morgan fingerprint density at radius 2 is 1.85 bits per heavy atom. The molecule has 0 spiro atoms. The van der Waals surface area contributed by atoms with Gasteiger partial charge in [-0.05, 0) is 30.3 Å². The molecule has 0 saturated carbocycles. The van der Waals surface area contributed by atoms with Crippen molar-refractivity contribution in [2.75, 3.05) is 12.4 Å². The minimum atomic E-state index is -0.867. The normalized spacial score (nSPS) is 10.7. The van der Waals surface area contributed by atoms with Crippen LogP contribution >= 0.6 is 11.8 Å². The molecule has 5 nitrogen and oxygen atoms in total. The maximum atomic E-state index is 13.5. The van der Waals surface area contributed by atoms with Crippen molar-refractivity contribution in [3.8, 4) is 0 Å². The second kappa shape index (κ2) is 8.01. The summed E-state index contributed by atoms with van der Waals surface area (Å²) in [7, 11) is 0. The summed E-state index contributed by atoms with van der Waals surface area (Å²) in [4.78, 5) is 32.2. The molecular formula is C18H12F2N2O3S. The van der Waals surface area contributed by atoms with Crippen LogP contribution in [0, 0.1) is 11.6 Å². The summed E-state index contributed by atoms with van der Waals surface area (Å²) in [6, 6.07) is 9.82. The number of esters is 1. The monoisotopic (exact) mass is 374 g/mol. The molecule has 2 aromatic carbocycles. The number of hydrogen-bond acceptors (Lipinski definition) is 6. The first-order valence-electron chi connectivity index (χ1n) is 7.51. The molecule has 0 atom stereocenters. The first-order valence-corrected chi connectivity index (χ1v) is 8.50. The van der Waals surface area contributed by atoms with Crippen LogP contribution < -0.4 is 0 Å². The van der Waals surface area contributed by atoms with E-state index >= 15 is 0 Å². The van der Waals surface area contributed by atoms with Gasteiger partial charge in [0, 0.05) is 0 Å². The van der Waals surface area contributed by atoms with Gasteiger partial charge in [0.2, 0.25) is 5.78 Å². The fourth-order valence-corrected chi connectivity index (χ4v) is 2.76. The largest absolute Gasteiger partial charge is 0.457 e. The first-order chi connectivity index (χ1) is 12.5. The number of nitrogens with zero attached hydrogens (tertiary/aromatic N) is 2. The number of benzene rings is 2. The molecule has 3 rings (SSSR count). The van der Waals surface area contributed by atoms with E-state index in [1.165, 1.54) is 6.20 Å². The zero-order valence-corrected chi connectivity index (χ0v) is 14.1. The van der Waals surface area contributed by atoms with Gasteiger partial charge >= 0.3 is 5.97 Å². The fourth-order valence-electron chi connectivity index (χ4n) is 2.12. The zero-order valence-electron chi connectivity index (χ0n) is 13.3. The SMILES string of the molecule is O=C(CSc1cnc2ccccc2n1)OCC(=O)c1cc(F)ccc1F. The standard InChI is InChI=1S/C18H12F2N2O3S/c19-11-5-6-13(20)12(7-11)16(23)9-25-18(24)10-26-17-8-21-14-3-1-2-4-15(14)22-17/h1-8H,9-10H2. The van der Waals surface area contributed by atoms with Gasteiger partial charge in [0.05, 0.1) is 28.5 Å². The average molecular weight is 374 g/mol. The molecule has 0 aliphatic rings. The van der Waals surface area contributed by atoms with Crippen molar-refractivity contribution in [3.63, 3.8) is 0 Å². The van der Waals surface area contributed by atoms with Crippen molar-refractivity contribution in [2.24, 2.45) is 0 Å². The van der Waals surface area contributed by atoms with Crippen LogP contribution in [0.5, 0.6) is 0 Å². The number of Topliss-reactive ketones (excluding diaryl/α,β-unsaturated/α-hetero) is 1. The highest BCUT2D eigenvalue weighted by molar-refractivity contribution is 7.99. The third kappa shape index (κ3) is 4.40. The zero-order chi connectivity index (χ0) is 18.5. The lowest BCUT2D eigenvalue weighted by Gasteiger charge is -2.05. The van der Waals surface area contributed by atoms with Crippen LogP contribution in [0.1, 0.15) is 10.4 Å². The van der Waals surface area contributed by atoms with E-state index in [4.69, 9.17) is 4.74 Å². The summed E-state index contributed by atoms with van der Waals surface area (Å²) in [6.45, 7) is -0.664. The maximum absolute atomic E-state index is 13.5. The minimum absolute atomic E-state index is 0.0913. The molecule has 0 radical (unpaired) electrons. The molecule has 0 aliphatic heterocycles. The third-order valence-corrected chi connectivity index (χ3v) is 4.23. The predicted molar refractivity (Wildman–Crippen MR) is 91.9 cm³/mol. The smallest absolute Gasteiger partial charge is 0.316 e. The first kappa shape index (κ1) is 17.9. The summed E-state index contributed by atoms with van der Waals surface area (Å²) < 4.78 is 31.4. The van der Waals surface area contributed by atoms with Gasteiger partial charge in [0.25, 0.3) is 0 Å². The van der Waals surface area contributed by atoms with Crippen LogP contribution in [0.2, 0.25) is 0 Å². The summed E-state index contributed by atoms with van der Waals surface area (Å²) in [5.74, 6) is -3.19. The summed E-state index contributed by atoms with van der Waals surface area (Å²) >= 11 is 1.10. The highest BCUT2D eigenvalue weighted by atomic mass is 32.2. The molecule has 0 fully saturated rings. The van der Waals surface area contributed by atoms with Gasteiger partial charge in [0.15, 0.2) is 6.61 Å². The van der Waals surface area contributed by atoms with Crippen LogP contribution in [0.15, 0.2) is 53.7 Å². The van der Waals surface area contributed by atoms with Crippen molar-refractivity contribution in [3.05, 3.63) is 65.9 Å². The van der Waals surface area contributed by atoms with Crippen molar-refractivity contribution >= 4 is 34.5 Å². The molecule has 0 amide bonds. The molecule has 1 heterocycles. The van der Waals surface area contributed by atoms with E-state index in [9.17, 15) is 18.4 Å². The van der Waals surface area contributed by atoms with E-state index < -0.39 is 35.6 Å². The molecule has 0 aliphatic carbocycles. The van der Waals surface area contributed by atoms with E-state index in [1.807, 2.05) is 18.2 Å². The number of carbonyl (C=O) groups is 2. The van der Waals surface area contributed by atoms with E-state index in [0.717, 1.165) is 35.5 Å². The second-order valence-corrected chi connectivity index (χ2v) is 6.19. The third-order valence-electron chi connectivity index (χ3n) is 3.36. The van der Waals surface area contributed by atoms with Crippen molar-refractivity contribution < 1.29 is 23.1 Å². The van der Waals surface area contributed by atoms with Crippen LogP contribution in [0.4, 0.5) is 8.78 Å². The number of hydrogen-bond donors (Lipinski definition) is 0. The van der Waals surface area contributed by atoms with Crippen molar-refractivity contribution in [2.45, 2.75) is 5.03 Å². The van der Waals surface area contributed by atoms with Gasteiger partial charge in [-0.2, -0.15) is 0 Å². The molecule has 3 aromatic rings. The number of carbonyl (C=O) groups excluding carboxylic acids is 2. The van der Waals surface area contributed by atoms with Crippen LogP contribution in [-0.4, -0.2) is 34.1 Å². The molecule has 0 unspecified atom stereocenters. The Hall–Kier alpha value is -2.87. The minimum Gasteiger partial charge on any atom is -0.457 e. The van der Waals surface area contributed by atoms with Gasteiger partial charge in [-0.15, -0.1) is 0 Å². The number of halogens is 2. The highest BCUT2D eigenvalue weighted by Gasteiger charge is 2.15. The molecule has 26 heavy (non-hydrogen) atoms. The Bertz CT molecular complexity index is 982. The predicted octanol–water partition coefficient (Wildman–Crippen LogP) is 3.43. The Labute approximate surface area is 151 Å². The molecule has 8 heteroatoms. The number of para-hydroxylation sites is 2. The van der Waals surface area contributed by atoms with Crippen LogP contribution in [-0.2, 0) is 9.53 Å². The van der Waals surface area contributed by atoms with Gasteiger partial charge < -0.3 is 4.74 Å². The van der Waals surface area contributed by atoms with Crippen molar-refractivity contribution in [1.82, 2.24) is 9.97 Å². The number of ether oxygens (including phenoxy) is 1. The van der Waals surface area contributed by atoms with E-state index in [2.05, 4.69) is 9.97 Å². The number of rotatable bonds is 6. The number of aromatic nitrogens is 2. The summed E-state index contributed by atoms with van der Waals surface area (Å²) in [5, 5.41) is 0.531. The lowest BCUT2D eigenvalue weighted by Crippen LogP contribution is -2.16. The van der Waals surface area contributed by atoms with Crippen LogP contribution in [0.3, 0.4) is 0 Å². The lowest BCUT2D eigenvalue weighted by molar-refractivity contribution is -0.139. The van der Waals surface area contributed by atoms with Crippen LogP contribution in [0.25, 0.3) is 11.0 Å². The highest BCUT2D eigenvalue weighted by Crippen LogP contribution is 2.18. The molecule has 0 saturated heterocycles. The Kier molecular flexibility index (Phi) is 5.52. The molecule has 0 bridgehead atoms. The quantitative estimate of drug-likeness (QED) is 0.374. The Morgan fingerprint density at radius 1 is 1.08 bits per heavy atom. The molecule has 132 valence electrons. The second-order valence-electron chi connectivity index (χ2n) is 5.19. The topological polar surface area (TPSA) is 69.2 Å². The Balaban J connectivity index is 1.53. The van der Waals surface area contributed by atoms with E-state index in [-0.39, 0.29) is 5.75 Å². The molecule has 0 N–H and O–H groups in total. The number of thioether (sulfide) groups is 1. The molecular weight excluding hydrogens is 362 g/mol. The average Bonchev–Trinajstić information content (AvgIpc) is 2.66.